The first-order chi connectivity index (χ1) is 14.8. The third kappa shape index (κ3) is 5.68. The minimum Gasteiger partial charge on any atom is -0.493 e. The average molecular weight is 562 g/mol. The maximum Gasteiger partial charge on any atom is 0.341 e. The second kappa shape index (κ2) is 10.3. The Morgan fingerprint density at radius 3 is 2.65 bits per heavy atom. The summed E-state index contributed by atoms with van der Waals surface area (Å²) < 4.78 is 16.3. The second-order valence-electron chi connectivity index (χ2n) is 6.48. The lowest BCUT2D eigenvalue weighted by atomic mass is 10.2. The predicted molar refractivity (Wildman–Crippen MR) is 119 cm³/mol. The Morgan fingerprint density at radius 2 is 2.00 bits per heavy atom. The van der Waals surface area contributed by atoms with E-state index >= 15 is 0 Å². The van der Waals surface area contributed by atoms with Crippen LogP contribution >= 0.6 is 34.4 Å². The van der Waals surface area contributed by atoms with Crippen molar-refractivity contribution < 1.29 is 38.5 Å². The normalized spacial score (nSPS) is 17.9. The molecule has 166 valence electrons. The highest BCUT2D eigenvalue weighted by molar-refractivity contribution is 14.1. The molecular weight excluding hydrogens is 543 g/mol. The van der Waals surface area contributed by atoms with Gasteiger partial charge in [-0.05, 0) is 58.1 Å². The van der Waals surface area contributed by atoms with Crippen molar-refractivity contribution >= 4 is 63.5 Å². The van der Waals surface area contributed by atoms with Gasteiger partial charge in [-0.1, -0.05) is 0 Å². The Hall–Kier alpha value is -2.32. The molecule has 2 heterocycles. The average Bonchev–Trinajstić information content (AvgIpc) is 3.00. The van der Waals surface area contributed by atoms with Gasteiger partial charge in [0, 0.05) is 13.1 Å². The van der Waals surface area contributed by atoms with E-state index in [4.69, 9.17) is 19.3 Å². The number of rotatable bonds is 7. The number of ether oxygens (including phenoxy) is 3. The number of carbonyl (C=O) groups excluding carboxylic acids is 3. The van der Waals surface area contributed by atoms with Gasteiger partial charge in [0.2, 0.25) is 5.91 Å². The van der Waals surface area contributed by atoms with Crippen LogP contribution in [0, 0.1) is 3.57 Å². The smallest absolute Gasteiger partial charge is 0.341 e. The zero-order valence-corrected chi connectivity index (χ0v) is 19.4. The molecule has 0 aliphatic carbocycles. The highest BCUT2D eigenvalue weighted by Gasteiger charge is 2.37. The minimum absolute atomic E-state index is 0.178. The SMILES string of the molecule is COc1cc(/C=C2/SC(=O)N(CC(=O)N3CCOCC3)C2=O)cc(I)c1OCC(=O)O. The van der Waals surface area contributed by atoms with E-state index in [1.165, 1.54) is 13.2 Å². The summed E-state index contributed by atoms with van der Waals surface area (Å²) in [6, 6.07) is 3.25. The number of carboxylic acids is 1. The molecule has 3 rings (SSSR count). The number of carbonyl (C=O) groups is 4. The molecule has 10 nitrogen and oxygen atoms in total. The maximum absolute atomic E-state index is 12.7. The second-order valence-corrected chi connectivity index (χ2v) is 8.63. The Morgan fingerprint density at radius 1 is 1.29 bits per heavy atom. The van der Waals surface area contributed by atoms with Crippen molar-refractivity contribution in [3.63, 3.8) is 0 Å². The van der Waals surface area contributed by atoms with Crippen LogP contribution < -0.4 is 9.47 Å². The number of amides is 3. The van der Waals surface area contributed by atoms with Gasteiger partial charge < -0.3 is 24.2 Å². The fourth-order valence-corrected chi connectivity index (χ4v) is 4.55. The fraction of sp³-hybridized carbons (Fsp3) is 0.368. The maximum atomic E-state index is 12.7. The number of morpholine rings is 1. The number of halogens is 1. The highest BCUT2D eigenvalue weighted by Crippen LogP contribution is 2.37. The molecule has 0 aromatic heterocycles. The summed E-state index contributed by atoms with van der Waals surface area (Å²) in [4.78, 5) is 50.9. The molecule has 1 aromatic carbocycles. The van der Waals surface area contributed by atoms with Gasteiger partial charge in [-0.3, -0.25) is 19.3 Å². The van der Waals surface area contributed by atoms with Gasteiger partial charge >= 0.3 is 5.97 Å². The Kier molecular flexibility index (Phi) is 7.78. The van der Waals surface area contributed by atoms with Gasteiger partial charge in [0.15, 0.2) is 18.1 Å². The summed E-state index contributed by atoms with van der Waals surface area (Å²) >= 11 is 2.72. The lowest BCUT2D eigenvalue weighted by molar-refractivity contribution is -0.139. The number of benzene rings is 1. The summed E-state index contributed by atoms with van der Waals surface area (Å²) in [5.74, 6) is -1.41. The molecule has 3 amide bonds. The molecule has 2 fully saturated rings. The van der Waals surface area contributed by atoms with Crippen molar-refractivity contribution in [1.29, 1.82) is 0 Å². The number of thioether (sulfide) groups is 1. The first kappa shape index (κ1) is 23.3. The molecule has 0 spiro atoms. The van der Waals surface area contributed by atoms with Gasteiger partial charge in [0.05, 0.1) is 28.8 Å². The van der Waals surface area contributed by atoms with Crippen LogP contribution in [-0.4, -0.2) is 84.5 Å². The number of nitrogens with zero attached hydrogens (tertiary/aromatic N) is 2. The Labute approximate surface area is 195 Å². The van der Waals surface area contributed by atoms with Gasteiger partial charge in [-0.2, -0.15) is 0 Å². The van der Waals surface area contributed by atoms with Gasteiger partial charge in [0.25, 0.3) is 11.1 Å². The molecule has 1 N–H and O–H groups in total. The van der Waals surface area contributed by atoms with E-state index in [0.717, 1.165) is 16.7 Å². The first-order valence-corrected chi connectivity index (χ1v) is 11.0. The Balaban J connectivity index is 1.76. The Bertz CT molecular complexity index is 945. The van der Waals surface area contributed by atoms with Crippen LogP contribution in [0.5, 0.6) is 11.5 Å². The van der Waals surface area contributed by atoms with Crippen LogP contribution in [-0.2, 0) is 19.1 Å². The van der Waals surface area contributed by atoms with E-state index in [1.807, 2.05) is 22.6 Å². The molecule has 0 saturated carbocycles. The van der Waals surface area contributed by atoms with E-state index in [-0.39, 0.29) is 23.1 Å². The van der Waals surface area contributed by atoms with E-state index in [9.17, 15) is 19.2 Å². The minimum atomic E-state index is -1.12. The summed E-state index contributed by atoms with van der Waals surface area (Å²) in [6.07, 6.45) is 1.52. The molecule has 0 radical (unpaired) electrons. The van der Waals surface area contributed by atoms with Crippen molar-refractivity contribution in [3.8, 4) is 11.5 Å². The third-order valence-electron chi connectivity index (χ3n) is 4.42. The molecule has 2 saturated heterocycles. The first-order valence-electron chi connectivity index (χ1n) is 9.13. The molecule has 0 atom stereocenters. The number of aliphatic carboxylic acids is 1. The number of hydrogen-bond donors (Lipinski definition) is 1. The van der Waals surface area contributed by atoms with Gasteiger partial charge in [0.1, 0.15) is 6.54 Å². The molecule has 12 heteroatoms. The van der Waals surface area contributed by atoms with Gasteiger partial charge in [-0.15, -0.1) is 0 Å². The fourth-order valence-electron chi connectivity index (χ4n) is 2.93. The molecule has 2 aliphatic rings. The topological polar surface area (TPSA) is 123 Å². The standard InChI is InChI=1S/C19H19IN2O8S/c1-28-13-7-11(6-12(20)17(13)30-10-16(24)25)8-14-18(26)22(19(27)31-14)9-15(23)21-2-4-29-5-3-21/h6-8H,2-5,9-10H2,1H3,(H,24,25)/b14-8+. The zero-order valence-electron chi connectivity index (χ0n) is 16.5. The number of methoxy groups -OCH3 is 1. The molecule has 0 bridgehead atoms. The number of carboxylic acid groups (broad SMARTS) is 1. The lowest BCUT2D eigenvalue weighted by Crippen LogP contribution is -2.46. The van der Waals surface area contributed by atoms with Crippen LogP contribution in [0.15, 0.2) is 17.0 Å². The van der Waals surface area contributed by atoms with Crippen LogP contribution in [0.1, 0.15) is 5.56 Å². The summed E-state index contributed by atoms with van der Waals surface area (Å²) in [5.41, 5.74) is 0.564. The van der Waals surface area contributed by atoms with E-state index in [2.05, 4.69) is 0 Å². The van der Waals surface area contributed by atoms with E-state index < -0.39 is 23.7 Å². The van der Waals surface area contributed by atoms with Crippen molar-refractivity contribution in [1.82, 2.24) is 9.80 Å². The van der Waals surface area contributed by atoms with E-state index in [1.54, 1.807) is 17.0 Å². The van der Waals surface area contributed by atoms with Crippen molar-refractivity contribution in [3.05, 3.63) is 26.2 Å². The molecule has 31 heavy (non-hydrogen) atoms. The lowest BCUT2D eigenvalue weighted by Gasteiger charge is -2.28. The monoisotopic (exact) mass is 562 g/mol. The van der Waals surface area contributed by atoms with Crippen LogP contribution in [0.3, 0.4) is 0 Å². The molecular formula is C19H19IN2O8S. The van der Waals surface area contributed by atoms with Crippen LogP contribution in [0.2, 0.25) is 0 Å². The number of imide groups is 1. The predicted octanol–water partition coefficient (Wildman–Crippen LogP) is 1.66. The van der Waals surface area contributed by atoms with Crippen molar-refractivity contribution in [2.24, 2.45) is 0 Å². The molecule has 2 aliphatic heterocycles. The highest BCUT2D eigenvalue weighted by atomic mass is 127. The van der Waals surface area contributed by atoms with Crippen LogP contribution in [0.4, 0.5) is 4.79 Å². The summed E-state index contributed by atoms with van der Waals surface area (Å²) in [5, 5.41) is 8.30. The van der Waals surface area contributed by atoms with Crippen molar-refractivity contribution in [2.45, 2.75) is 0 Å². The molecule has 0 unspecified atom stereocenters. The summed E-state index contributed by atoms with van der Waals surface area (Å²) in [7, 11) is 1.41. The van der Waals surface area contributed by atoms with Crippen LogP contribution in [0.25, 0.3) is 6.08 Å². The van der Waals surface area contributed by atoms with Crippen molar-refractivity contribution in [2.75, 3.05) is 46.6 Å². The third-order valence-corrected chi connectivity index (χ3v) is 6.13. The largest absolute Gasteiger partial charge is 0.493 e. The van der Waals surface area contributed by atoms with E-state index in [0.29, 0.717) is 41.2 Å². The zero-order chi connectivity index (χ0) is 22.5. The molecule has 1 aromatic rings. The quantitative estimate of drug-likeness (QED) is 0.391. The number of hydrogen-bond acceptors (Lipinski definition) is 8. The van der Waals surface area contributed by atoms with Gasteiger partial charge in [-0.25, -0.2) is 4.79 Å². The summed E-state index contributed by atoms with van der Waals surface area (Å²) in [6.45, 7) is 0.881.